The van der Waals surface area contributed by atoms with Crippen molar-refractivity contribution in [3.63, 3.8) is 0 Å². The molecule has 0 spiro atoms. The van der Waals surface area contributed by atoms with Crippen molar-refractivity contribution in [2.75, 3.05) is 39.3 Å². The SMILES string of the molecule is Oc1c(O)c(O)c2c(c1O)N=C(N1CCN(CCOC(O)(O)C(O)(O)O)CC1)c1ccccc1S2. The van der Waals surface area contributed by atoms with E-state index >= 15 is 0 Å². The molecular formula is C21H25N3O10S. The molecule has 0 amide bonds. The van der Waals surface area contributed by atoms with Crippen LogP contribution in [0.4, 0.5) is 5.69 Å². The highest BCUT2D eigenvalue weighted by Gasteiger charge is 2.48. The molecule has 0 unspecified atom stereocenters. The third-order valence-corrected chi connectivity index (χ3v) is 6.87. The van der Waals surface area contributed by atoms with Gasteiger partial charge in [0, 0.05) is 43.2 Å². The molecule has 2 aliphatic heterocycles. The van der Waals surface area contributed by atoms with Crippen LogP contribution < -0.4 is 0 Å². The standard InChI is InChI=1S/C21H25N3O10S/c25-14-13-18(17(28)16(27)15(14)26)35-12-4-2-1-3-11(12)19(22-13)24-7-5-23(6-8-24)9-10-34-21(32,33)20(29,30)31/h1-4,25-33H,5-10H2. The van der Waals surface area contributed by atoms with Crippen molar-refractivity contribution in [3.05, 3.63) is 29.8 Å². The fraction of sp³-hybridized carbons (Fsp3) is 0.381. The lowest BCUT2D eigenvalue weighted by molar-refractivity contribution is -0.521. The predicted octanol–water partition coefficient (Wildman–Crippen LogP) is -1.04. The zero-order valence-electron chi connectivity index (χ0n) is 18.2. The summed E-state index contributed by atoms with van der Waals surface area (Å²) in [6.45, 7) is 1.75. The zero-order valence-corrected chi connectivity index (χ0v) is 19.1. The fourth-order valence-electron chi connectivity index (χ4n) is 3.72. The van der Waals surface area contributed by atoms with Crippen LogP contribution in [0.2, 0.25) is 0 Å². The van der Waals surface area contributed by atoms with Crippen LogP contribution >= 0.6 is 11.8 Å². The summed E-state index contributed by atoms with van der Waals surface area (Å²) in [4.78, 5) is 9.21. The first-order valence-electron chi connectivity index (χ1n) is 10.5. The number of rotatable bonds is 5. The zero-order chi connectivity index (χ0) is 25.5. The summed E-state index contributed by atoms with van der Waals surface area (Å²) in [5.41, 5.74) is 0.645. The first kappa shape index (κ1) is 25.3. The van der Waals surface area contributed by atoms with Crippen LogP contribution in [0.15, 0.2) is 39.0 Å². The Labute approximate surface area is 203 Å². The average molecular weight is 512 g/mol. The molecule has 2 aliphatic rings. The van der Waals surface area contributed by atoms with E-state index in [1.54, 1.807) is 12.1 Å². The van der Waals surface area contributed by atoms with Crippen LogP contribution in [0.1, 0.15) is 5.56 Å². The number of piperazine rings is 1. The predicted molar refractivity (Wildman–Crippen MR) is 120 cm³/mol. The van der Waals surface area contributed by atoms with E-state index in [0.29, 0.717) is 36.9 Å². The molecule has 2 aromatic rings. The molecule has 9 N–H and O–H groups in total. The molecule has 13 nitrogen and oxygen atoms in total. The summed E-state index contributed by atoms with van der Waals surface area (Å²) in [5, 5.41) is 86.2. The topological polar surface area (TPSA) is 210 Å². The number of benzene rings is 2. The van der Waals surface area contributed by atoms with Crippen molar-refractivity contribution >= 4 is 23.3 Å². The van der Waals surface area contributed by atoms with Crippen LogP contribution in [0.5, 0.6) is 23.0 Å². The molecule has 0 saturated carbocycles. The number of hydrogen-bond donors (Lipinski definition) is 9. The van der Waals surface area contributed by atoms with Gasteiger partial charge in [-0.1, -0.05) is 30.0 Å². The maximum absolute atomic E-state index is 10.5. The van der Waals surface area contributed by atoms with E-state index in [9.17, 15) is 30.6 Å². The van der Waals surface area contributed by atoms with Crippen molar-refractivity contribution in [2.24, 2.45) is 4.99 Å². The van der Waals surface area contributed by atoms with E-state index < -0.39 is 34.9 Å². The van der Waals surface area contributed by atoms with Gasteiger partial charge in [-0.3, -0.25) is 4.90 Å². The largest absolute Gasteiger partial charge is 0.503 e. The van der Waals surface area contributed by atoms with E-state index in [0.717, 1.165) is 17.3 Å². The summed E-state index contributed by atoms with van der Waals surface area (Å²) < 4.78 is 4.57. The maximum atomic E-state index is 10.5. The molecule has 4 rings (SSSR count). The van der Waals surface area contributed by atoms with Crippen LogP contribution in [0, 0.1) is 0 Å². The van der Waals surface area contributed by atoms with Gasteiger partial charge in [0.2, 0.25) is 11.5 Å². The van der Waals surface area contributed by atoms with Gasteiger partial charge in [0.15, 0.2) is 11.5 Å². The Morgan fingerprint density at radius 1 is 0.857 bits per heavy atom. The Balaban J connectivity index is 1.54. The van der Waals surface area contributed by atoms with Gasteiger partial charge in [0.25, 0.3) is 0 Å². The second kappa shape index (κ2) is 9.33. The molecule has 0 bridgehead atoms. The first-order valence-corrected chi connectivity index (χ1v) is 11.3. The smallest absolute Gasteiger partial charge is 0.364 e. The number of nitrogens with zero attached hydrogens (tertiary/aromatic N) is 3. The Bertz CT molecular complexity index is 1140. The third kappa shape index (κ3) is 4.82. The van der Waals surface area contributed by atoms with Crippen molar-refractivity contribution < 1.29 is 50.7 Å². The molecule has 2 heterocycles. The van der Waals surface area contributed by atoms with Gasteiger partial charge in [-0.25, -0.2) is 4.99 Å². The molecule has 0 radical (unpaired) electrons. The number of aliphatic hydroxyl groups is 5. The van der Waals surface area contributed by atoms with Gasteiger partial charge in [-0.15, -0.1) is 0 Å². The molecule has 14 heteroatoms. The highest BCUT2D eigenvalue weighted by molar-refractivity contribution is 7.99. The molecule has 0 atom stereocenters. The van der Waals surface area contributed by atoms with E-state index in [-0.39, 0.29) is 23.7 Å². The quantitative estimate of drug-likeness (QED) is 0.133. The Kier molecular flexibility index (Phi) is 6.74. The number of hydrogen-bond acceptors (Lipinski definition) is 14. The highest BCUT2D eigenvalue weighted by atomic mass is 32.2. The number of fused-ring (bicyclic) bond motifs is 2. The highest BCUT2D eigenvalue weighted by Crippen LogP contribution is 2.57. The van der Waals surface area contributed by atoms with E-state index in [4.69, 9.17) is 15.3 Å². The molecule has 1 fully saturated rings. The van der Waals surface area contributed by atoms with E-state index in [1.165, 1.54) is 0 Å². The van der Waals surface area contributed by atoms with Crippen LogP contribution in [0.3, 0.4) is 0 Å². The summed E-state index contributed by atoms with van der Waals surface area (Å²) >= 11 is 1.09. The third-order valence-electron chi connectivity index (χ3n) is 5.70. The molecule has 1 saturated heterocycles. The second-order valence-corrected chi connectivity index (χ2v) is 9.08. The lowest BCUT2D eigenvalue weighted by Crippen LogP contribution is -2.57. The lowest BCUT2D eigenvalue weighted by atomic mass is 10.1. The second-order valence-electron chi connectivity index (χ2n) is 8.03. The van der Waals surface area contributed by atoms with Crippen LogP contribution in [0.25, 0.3) is 0 Å². The Morgan fingerprint density at radius 3 is 2.14 bits per heavy atom. The van der Waals surface area contributed by atoms with Gasteiger partial charge < -0.3 is 55.6 Å². The summed E-state index contributed by atoms with van der Waals surface area (Å²) in [6, 6.07) is 7.24. The molecule has 35 heavy (non-hydrogen) atoms. The van der Waals surface area contributed by atoms with Crippen LogP contribution in [-0.4, -0.2) is 113 Å². The number of phenols is 4. The van der Waals surface area contributed by atoms with E-state index in [2.05, 4.69) is 9.73 Å². The van der Waals surface area contributed by atoms with Gasteiger partial charge in [0.1, 0.15) is 11.5 Å². The van der Waals surface area contributed by atoms with Crippen LogP contribution in [-0.2, 0) is 4.74 Å². The number of phenolic OH excluding ortho intramolecular Hbond substituents is 4. The number of aliphatic imine (C=N–C) groups is 1. The molecule has 2 aromatic carbocycles. The number of amidine groups is 1. The normalized spacial score (nSPS) is 16.9. The van der Waals surface area contributed by atoms with Crippen molar-refractivity contribution in [1.29, 1.82) is 0 Å². The van der Waals surface area contributed by atoms with Crippen molar-refractivity contribution in [1.82, 2.24) is 9.80 Å². The molecular weight excluding hydrogens is 486 g/mol. The van der Waals surface area contributed by atoms with Gasteiger partial charge in [0.05, 0.1) is 11.5 Å². The Morgan fingerprint density at radius 2 is 1.49 bits per heavy atom. The number of aromatic hydroxyl groups is 4. The minimum atomic E-state index is -3.84. The maximum Gasteiger partial charge on any atom is 0.364 e. The molecule has 0 aliphatic carbocycles. The fourth-order valence-corrected chi connectivity index (χ4v) is 4.79. The molecule has 0 aromatic heterocycles. The van der Waals surface area contributed by atoms with Gasteiger partial charge >= 0.3 is 11.9 Å². The minimum absolute atomic E-state index is 0.0763. The first-order chi connectivity index (χ1) is 16.4. The summed E-state index contributed by atoms with van der Waals surface area (Å²) in [7, 11) is 0. The monoisotopic (exact) mass is 511 g/mol. The van der Waals surface area contributed by atoms with Crippen molar-refractivity contribution in [2.45, 2.75) is 21.7 Å². The van der Waals surface area contributed by atoms with Gasteiger partial charge in [-0.2, -0.15) is 0 Å². The number of ether oxygens (including phenoxy) is 1. The Hall–Kier alpha value is -2.82. The summed E-state index contributed by atoms with van der Waals surface area (Å²) in [6.07, 6.45) is 0. The lowest BCUT2D eigenvalue weighted by Gasteiger charge is -2.37. The average Bonchev–Trinajstić information content (AvgIpc) is 2.98. The molecule has 190 valence electrons. The summed E-state index contributed by atoms with van der Waals surface area (Å²) in [5.74, 6) is -9.86. The van der Waals surface area contributed by atoms with E-state index in [1.807, 2.05) is 21.9 Å². The minimum Gasteiger partial charge on any atom is -0.503 e. The van der Waals surface area contributed by atoms with Gasteiger partial charge in [-0.05, 0) is 6.07 Å². The van der Waals surface area contributed by atoms with Crippen molar-refractivity contribution in [3.8, 4) is 23.0 Å².